The average Bonchev–Trinajstić information content (AvgIpc) is 2.97. The molecule has 1 N–H and O–H groups in total. The summed E-state index contributed by atoms with van der Waals surface area (Å²) in [6.07, 6.45) is -4.57. The molecule has 0 saturated heterocycles. The largest absolute Gasteiger partial charge is 0.480 e. The molecule has 0 aliphatic heterocycles. The quantitative estimate of drug-likeness (QED) is 0.589. The van der Waals surface area contributed by atoms with Gasteiger partial charge in [0.2, 0.25) is 0 Å². The van der Waals surface area contributed by atoms with Crippen molar-refractivity contribution in [2.24, 2.45) is 4.99 Å². The Labute approximate surface area is 169 Å². The Bertz CT molecular complexity index is 1190. The zero-order valence-corrected chi connectivity index (χ0v) is 16.0. The fourth-order valence-corrected chi connectivity index (χ4v) is 4.00. The van der Waals surface area contributed by atoms with Gasteiger partial charge in [-0.2, -0.15) is 18.2 Å². The van der Waals surface area contributed by atoms with Gasteiger partial charge in [0.05, 0.1) is 15.8 Å². The van der Waals surface area contributed by atoms with E-state index in [1.165, 1.54) is 0 Å². The van der Waals surface area contributed by atoms with Crippen molar-refractivity contribution in [3.63, 3.8) is 0 Å². The SMILES string of the molecule is CCC(C(=O)O)n1c(=NC(=O)c2cc(F)cc(F)c2)sc2cc(C(F)(F)F)ccc21. The molecule has 1 atom stereocenters. The van der Waals surface area contributed by atoms with Crippen LogP contribution < -0.4 is 4.80 Å². The molecular weight excluding hydrogens is 431 g/mol. The Hall–Kier alpha value is -3.08. The number of halogens is 5. The number of alkyl halides is 3. The van der Waals surface area contributed by atoms with Gasteiger partial charge >= 0.3 is 12.1 Å². The van der Waals surface area contributed by atoms with E-state index in [1.807, 2.05) is 0 Å². The van der Waals surface area contributed by atoms with Crippen molar-refractivity contribution in [3.05, 3.63) is 64.0 Å². The van der Waals surface area contributed by atoms with Crippen LogP contribution in [-0.4, -0.2) is 21.6 Å². The Morgan fingerprint density at radius 3 is 2.30 bits per heavy atom. The smallest absolute Gasteiger partial charge is 0.416 e. The summed E-state index contributed by atoms with van der Waals surface area (Å²) in [7, 11) is 0. The Balaban J connectivity index is 2.26. The molecular formula is C19H13F5N2O3S. The van der Waals surface area contributed by atoms with E-state index in [0.717, 1.165) is 34.9 Å². The number of hydrogen-bond donors (Lipinski definition) is 1. The standard InChI is InChI=1S/C19H13F5N2O3S/c1-2-13(17(28)29)26-14-4-3-10(19(22,23)24)7-15(14)30-18(26)25-16(27)9-5-11(20)8-12(21)6-9/h3-8,13H,2H2,1H3,(H,28,29). The first-order valence-electron chi connectivity index (χ1n) is 8.51. The van der Waals surface area contributed by atoms with Crippen molar-refractivity contribution >= 4 is 33.4 Å². The van der Waals surface area contributed by atoms with Gasteiger partial charge in [-0.05, 0) is 36.8 Å². The van der Waals surface area contributed by atoms with E-state index in [9.17, 15) is 36.6 Å². The summed E-state index contributed by atoms with van der Waals surface area (Å²) < 4.78 is 67.1. The van der Waals surface area contributed by atoms with E-state index in [2.05, 4.69) is 4.99 Å². The highest BCUT2D eigenvalue weighted by atomic mass is 32.1. The lowest BCUT2D eigenvalue weighted by Gasteiger charge is -2.14. The number of aromatic nitrogens is 1. The van der Waals surface area contributed by atoms with Crippen LogP contribution in [-0.2, 0) is 11.0 Å². The molecule has 0 spiro atoms. The number of amides is 1. The molecule has 11 heteroatoms. The first kappa shape index (κ1) is 21.6. The van der Waals surface area contributed by atoms with Crippen molar-refractivity contribution in [2.75, 3.05) is 0 Å². The van der Waals surface area contributed by atoms with Crippen LogP contribution in [0, 0.1) is 11.6 Å². The molecule has 0 radical (unpaired) electrons. The van der Waals surface area contributed by atoms with E-state index in [0.29, 0.717) is 17.4 Å². The lowest BCUT2D eigenvalue weighted by Crippen LogP contribution is -2.27. The number of carbonyl (C=O) groups is 2. The monoisotopic (exact) mass is 444 g/mol. The number of benzene rings is 2. The number of aliphatic carboxylic acids is 1. The summed E-state index contributed by atoms with van der Waals surface area (Å²) in [6, 6.07) is 3.58. The van der Waals surface area contributed by atoms with Gasteiger partial charge in [0.25, 0.3) is 5.91 Å². The predicted octanol–water partition coefficient (Wildman–Crippen LogP) is 4.78. The van der Waals surface area contributed by atoms with Crippen LogP contribution in [0.25, 0.3) is 10.2 Å². The highest BCUT2D eigenvalue weighted by molar-refractivity contribution is 7.16. The maximum atomic E-state index is 13.4. The van der Waals surface area contributed by atoms with Gasteiger partial charge in [0.15, 0.2) is 4.80 Å². The third kappa shape index (κ3) is 4.25. The molecule has 2 aromatic carbocycles. The van der Waals surface area contributed by atoms with Crippen LogP contribution in [0.15, 0.2) is 41.4 Å². The number of carbonyl (C=O) groups excluding carboxylic acids is 1. The van der Waals surface area contributed by atoms with Gasteiger partial charge < -0.3 is 9.67 Å². The van der Waals surface area contributed by atoms with Crippen molar-refractivity contribution in [3.8, 4) is 0 Å². The number of carboxylic acid groups (broad SMARTS) is 1. The highest BCUT2D eigenvalue weighted by Crippen LogP contribution is 2.33. The topological polar surface area (TPSA) is 71.7 Å². The number of hydrogen-bond acceptors (Lipinski definition) is 3. The van der Waals surface area contributed by atoms with Crippen LogP contribution in [0.4, 0.5) is 22.0 Å². The fourth-order valence-electron chi connectivity index (χ4n) is 2.90. The third-order valence-electron chi connectivity index (χ3n) is 4.24. The second-order valence-electron chi connectivity index (χ2n) is 6.27. The molecule has 1 heterocycles. The van der Waals surface area contributed by atoms with Gasteiger partial charge in [-0.15, -0.1) is 0 Å². The molecule has 0 saturated carbocycles. The molecule has 3 rings (SSSR count). The summed E-state index contributed by atoms with van der Waals surface area (Å²) in [5, 5.41) is 9.51. The molecule has 1 amide bonds. The second kappa shape index (κ2) is 7.98. The van der Waals surface area contributed by atoms with E-state index in [-0.39, 0.29) is 21.4 Å². The Morgan fingerprint density at radius 2 is 1.77 bits per heavy atom. The van der Waals surface area contributed by atoms with Gasteiger partial charge in [-0.1, -0.05) is 18.3 Å². The number of rotatable bonds is 4. The number of thiazole rings is 1. The minimum atomic E-state index is -4.62. The molecule has 158 valence electrons. The van der Waals surface area contributed by atoms with E-state index >= 15 is 0 Å². The van der Waals surface area contributed by atoms with Crippen LogP contribution in [0.5, 0.6) is 0 Å². The van der Waals surface area contributed by atoms with Crippen LogP contribution >= 0.6 is 11.3 Å². The Kier molecular flexibility index (Phi) is 5.75. The molecule has 0 aliphatic carbocycles. The van der Waals surface area contributed by atoms with E-state index in [4.69, 9.17) is 0 Å². The molecule has 3 aromatic rings. The molecule has 1 unspecified atom stereocenters. The van der Waals surface area contributed by atoms with Gasteiger partial charge in [0, 0.05) is 11.6 Å². The molecule has 5 nitrogen and oxygen atoms in total. The maximum absolute atomic E-state index is 13.4. The van der Waals surface area contributed by atoms with Crippen LogP contribution in [0.3, 0.4) is 0 Å². The molecule has 0 bridgehead atoms. The van der Waals surface area contributed by atoms with Gasteiger partial charge in [-0.3, -0.25) is 4.79 Å². The highest BCUT2D eigenvalue weighted by Gasteiger charge is 2.31. The van der Waals surface area contributed by atoms with Crippen LogP contribution in [0.2, 0.25) is 0 Å². The summed E-state index contributed by atoms with van der Waals surface area (Å²) in [5.74, 6) is -4.36. The molecule has 30 heavy (non-hydrogen) atoms. The normalized spacial score (nSPS) is 13.6. The number of fused-ring (bicyclic) bond motifs is 1. The van der Waals surface area contributed by atoms with Gasteiger partial charge in [0.1, 0.15) is 17.7 Å². The number of nitrogens with zero attached hydrogens (tertiary/aromatic N) is 2. The first-order chi connectivity index (χ1) is 14.0. The lowest BCUT2D eigenvalue weighted by atomic mass is 10.2. The summed E-state index contributed by atoms with van der Waals surface area (Å²) in [5.41, 5.74) is -1.23. The fraction of sp³-hybridized carbons (Fsp3) is 0.211. The third-order valence-corrected chi connectivity index (χ3v) is 5.26. The van der Waals surface area contributed by atoms with Crippen molar-refractivity contribution in [1.82, 2.24) is 4.57 Å². The number of carboxylic acids is 1. The van der Waals surface area contributed by atoms with E-state index in [1.54, 1.807) is 6.92 Å². The first-order valence-corrected chi connectivity index (χ1v) is 9.33. The second-order valence-corrected chi connectivity index (χ2v) is 7.28. The Morgan fingerprint density at radius 1 is 1.13 bits per heavy atom. The summed E-state index contributed by atoms with van der Waals surface area (Å²) >= 11 is 0.671. The lowest BCUT2D eigenvalue weighted by molar-refractivity contribution is -0.141. The van der Waals surface area contributed by atoms with Gasteiger partial charge in [-0.25, -0.2) is 13.6 Å². The van der Waals surface area contributed by atoms with Crippen molar-refractivity contribution in [1.29, 1.82) is 0 Å². The van der Waals surface area contributed by atoms with Crippen molar-refractivity contribution in [2.45, 2.75) is 25.6 Å². The van der Waals surface area contributed by atoms with E-state index < -0.39 is 46.9 Å². The molecule has 0 fully saturated rings. The average molecular weight is 444 g/mol. The van der Waals surface area contributed by atoms with Crippen molar-refractivity contribution < 1.29 is 36.6 Å². The molecule has 1 aromatic heterocycles. The van der Waals surface area contributed by atoms with Crippen LogP contribution in [0.1, 0.15) is 35.3 Å². The summed E-state index contributed by atoms with van der Waals surface area (Å²) in [4.78, 5) is 27.7. The zero-order valence-electron chi connectivity index (χ0n) is 15.2. The summed E-state index contributed by atoms with van der Waals surface area (Å²) in [6.45, 7) is 1.55. The molecule has 0 aliphatic rings. The maximum Gasteiger partial charge on any atom is 0.416 e. The zero-order chi connectivity index (χ0) is 22.2. The minimum absolute atomic E-state index is 0.0537. The predicted molar refractivity (Wildman–Crippen MR) is 98.0 cm³/mol. The minimum Gasteiger partial charge on any atom is -0.480 e.